The summed E-state index contributed by atoms with van der Waals surface area (Å²) in [5.41, 5.74) is 2.35. The van der Waals surface area contributed by atoms with E-state index in [0.29, 0.717) is 6.54 Å². The minimum absolute atomic E-state index is 0.694. The second-order valence-electron chi connectivity index (χ2n) is 3.65. The predicted octanol–water partition coefficient (Wildman–Crippen LogP) is 3.41. The Kier molecular flexibility index (Phi) is 4.09. The van der Waals surface area contributed by atoms with Crippen LogP contribution in [0.5, 0.6) is 0 Å². The first-order valence-corrected chi connectivity index (χ1v) is 6.37. The van der Waals surface area contributed by atoms with Gasteiger partial charge in [-0.15, -0.1) is 0 Å². The molecule has 0 bridgehead atoms. The molecule has 2 rings (SSSR count). The van der Waals surface area contributed by atoms with Gasteiger partial charge >= 0.3 is 0 Å². The molecule has 0 saturated carbocycles. The van der Waals surface area contributed by atoms with Crippen molar-refractivity contribution in [3.05, 3.63) is 52.4 Å². The minimum atomic E-state index is 0.694. The van der Waals surface area contributed by atoms with E-state index in [2.05, 4.69) is 44.2 Å². The van der Waals surface area contributed by atoms with E-state index in [0.717, 1.165) is 22.4 Å². The average molecular weight is 292 g/mol. The van der Waals surface area contributed by atoms with Gasteiger partial charge in [-0.05, 0) is 46.1 Å². The number of rotatable bonds is 4. The van der Waals surface area contributed by atoms with Crippen LogP contribution < -0.4 is 5.32 Å². The average Bonchev–Trinajstić information content (AvgIpc) is 2.38. The van der Waals surface area contributed by atoms with Crippen molar-refractivity contribution in [2.75, 3.05) is 5.32 Å². The van der Waals surface area contributed by atoms with Gasteiger partial charge in [0.05, 0.1) is 16.7 Å². The lowest BCUT2D eigenvalue weighted by Crippen LogP contribution is -2.06. The highest BCUT2D eigenvalue weighted by Gasteiger charge is 2.03. The zero-order chi connectivity index (χ0) is 12.1. The fourth-order valence-corrected chi connectivity index (χ4v) is 2.03. The molecule has 0 saturated heterocycles. The number of aryl methyl sites for hydroxylation is 1. The van der Waals surface area contributed by atoms with Crippen LogP contribution in [0.15, 0.2) is 41.1 Å². The molecule has 0 aliphatic carbocycles. The Hall–Kier alpha value is -1.42. The van der Waals surface area contributed by atoms with Crippen LogP contribution in [0.25, 0.3) is 0 Å². The molecule has 4 heteroatoms. The number of hydrogen-bond acceptors (Lipinski definition) is 3. The van der Waals surface area contributed by atoms with Gasteiger partial charge in [-0.25, -0.2) is 4.98 Å². The number of nitrogens with zero attached hydrogens (tertiary/aromatic N) is 2. The molecule has 0 spiro atoms. The predicted molar refractivity (Wildman–Crippen MR) is 72.9 cm³/mol. The summed E-state index contributed by atoms with van der Waals surface area (Å²) in [7, 11) is 0. The van der Waals surface area contributed by atoms with Crippen molar-refractivity contribution < 1.29 is 0 Å². The molecule has 2 aromatic heterocycles. The molecule has 1 N–H and O–H groups in total. The topological polar surface area (TPSA) is 37.8 Å². The minimum Gasteiger partial charge on any atom is -0.363 e. The van der Waals surface area contributed by atoms with Crippen LogP contribution in [-0.4, -0.2) is 9.97 Å². The normalized spacial score (nSPS) is 10.2. The van der Waals surface area contributed by atoms with Crippen LogP contribution in [0, 0.1) is 0 Å². The summed E-state index contributed by atoms with van der Waals surface area (Å²) in [5.74, 6) is 0.847. The van der Waals surface area contributed by atoms with Crippen molar-refractivity contribution in [2.45, 2.75) is 19.9 Å². The number of halogens is 1. The highest BCUT2D eigenvalue weighted by Crippen LogP contribution is 2.19. The van der Waals surface area contributed by atoms with Crippen molar-refractivity contribution in [2.24, 2.45) is 0 Å². The van der Waals surface area contributed by atoms with E-state index in [-0.39, 0.29) is 0 Å². The van der Waals surface area contributed by atoms with E-state index in [1.165, 1.54) is 5.56 Å². The molecule has 0 aliphatic heterocycles. The third-order valence-corrected chi connectivity index (χ3v) is 3.19. The Morgan fingerprint density at radius 1 is 1.18 bits per heavy atom. The Labute approximate surface area is 109 Å². The lowest BCUT2D eigenvalue weighted by Gasteiger charge is -2.09. The second-order valence-corrected chi connectivity index (χ2v) is 4.50. The third kappa shape index (κ3) is 3.03. The van der Waals surface area contributed by atoms with Crippen molar-refractivity contribution in [3.8, 4) is 0 Å². The zero-order valence-corrected chi connectivity index (χ0v) is 11.2. The van der Waals surface area contributed by atoms with Crippen LogP contribution >= 0.6 is 15.9 Å². The van der Waals surface area contributed by atoms with E-state index in [1.54, 1.807) is 6.20 Å². The van der Waals surface area contributed by atoms with Gasteiger partial charge in [-0.3, -0.25) is 4.98 Å². The van der Waals surface area contributed by atoms with Gasteiger partial charge in [-0.1, -0.05) is 13.0 Å². The van der Waals surface area contributed by atoms with E-state index in [9.17, 15) is 0 Å². The van der Waals surface area contributed by atoms with Crippen LogP contribution in [0.4, 0.5) is 5.82 Å². The molecule has 0 fully saturated rings. The Morgan fingerprint density at radius 3 is 2.71 bits per heavy atom. The third-order valence-electron chi connectivity index (χ3n) is 2.55. The van der Waals surface area contributed by atoms with E-state index in [1.807, 2.05) is 24.4 Å². The second kappa shape index (κ2) is 5.77. The van der Waals surface area contributed by atoms with Crippen molar-refractivity contribution >= 4 is 21.7 Å². The molecule has 0 unspecified atom stereocenters. The maximum absolute atomic E-state index is 4.39. The standard InChI is InChI=1S/C13H14BrN3/c1-2-10-5-3-7-15-12(10)9-17-13-11(14)6-4-8-16-13/h3-8H,2,9H2,1H3,(H,16,17). The van der Waals surface area contributed by atoms with Crippen LogP contribution in [0.1, 0.15) is 18.2 Å². The molecular formula is C13H14BrN3. The molecular weight excluding hydrogens is 278 g/mol. The fourth-order valence-electron chi connectivity index (χ4n) is 1.64. The summed E-state index contributed by atoms with van der Waals surface area (Å²) in [6.45, 7) is 2.83. The Morgan fingerprint density at radius 2 is 1.94 bits per heavy atom. The number of nitrogens with one attached hydrogen (secondary N) is 1. The van der Waals surface area contributed by atoms with Gasteiger partial charge < -0.3 is 5.32 Å². The van der Waals surface area contributed by atoms with Crippen LogP contribution in [0.3, 0.4) is 0 Å². The first-order chi connectivity index (χ1) is 8.31. The highest BCUT2D eigenvalue weighted by atomic mass is 79.9. The number of aromatic nitrogens is 2. The molecule has 0 aromatic carbocycles. The first-order valence-electron chi connectivity index (χ1n) is 5.58. The van der Waals surface area contributed by atoms with Gasteiger partial charge in [0.2, 0.25) is 0 Å². The molecule has 3 nitrogen and oxygen atoms in total. The summed E-state index contributed by atoms with van der Waals surface area (Å²) in [4.78, 5) is 8.65. The lowest BCUT2D eigenvalue weighted by atomic mass is 10.1. The lowest BCUT2D eigenvalue weighted by molar-refractivity contribution is 0.963. The summed E-state index contributed by atoms with van der Waals surface area (Å²) >= 11 is 3.46. The summed E-state index contributed by atoms with van der Waals surface area (Å²) in [5, 5.41) is 3.28. The molecule has 0 radical (unpaired) electrons. The van der Waals surface area contributed by atoms with Gasteiger partial charge in [0, 0.05) is 12.4 Å². The SMILES string of the molecule is CCc1cccnc1CNc1ncccc1Br. The van der Waals surface area contributed by atoms with Crippen molar-refractivity contribution in [3.63, 3.8) is 0 Å². The summed E-state index contributed by atoms with van der Waals surface area (Å²) in [6, 6.07) is 7.94. The summed E-state index contributed by atoms with van der Waals surface area (Å²) < 4.78 is 0.967. The molecule has 2 aromatic rings. The maximum Gasteiger partial charge on any atom is 0.140 e. The molecule has 17 heavy (non-hydrogen) atoms. The van der Waals surface area contributed by atoms with E-state index < -0.39 is 0 Å². The zero-order valence-electron chi connectivity index (χ0n) is 9.65. The fraction of sp³-hybridized carbons (Fsp3) is 0.231. The van der Waals surface area contributed by atoms with E-state index >= 15 is 0 Å². The monoisotopic (exact) mass is 291 g/mol. The van der Waals surface area contributed by atoms with Crippen LogP contribution in [0.2, 0.25) is 0 Å². The largest absolute Gasteiger partial charge is 0.363 e. The molecule has 0 atom stereocenters. The maximum atomic E-state index is 4.39. The molecule has 2 heterocycles. The van der Waals surface area contributed by atoms with Gasteiger partial charge in [0.25, 0.3) is 0 Å². The smallest absolute Gasteiger partial charge is 0.140 e. The Balaban J connectivity index is 2.10. The van der Waals surface area contributed by atoms with Gasteiger partial charge in [0.15, 0.2) is 0 Å². The van der Waals surface area contributed by atoms with Gasteiger partial charge in [-0.2, -0.15) is 0 Å². The molecule has 0 aliphatic rings. The number of hydrogen-bond donors (Lipinski definition) is 1. The number of anilines is 1. The van der Waals surface area contributed by atoms with Gasteiger partial charge in [0.1, 0.15) is 5.82 Å². The van der Waals surface area contributed by atoms with Crippen molar-refractivity contribution in [1.29, 1.82) is 0 Å². The molecule has 88 valence electrons. The molecule has 0 amide bonds. The highest BCUT2D eigenvalue weighted by molar-refractivity contribution is 9.10. The first kappa shape index (κ1) is 12.0. The quantitative estimate of drug-likeness (QED) is 0.938. The van der Waals surface area contributed by atoms with Crippen LogP contribution in [-0.2, 0) is 13.0 Å². The summed E-state index contributed by atoms with van der Waals surface area (Å²) in [6.07, 6.45) is 4.59. The Bertz CT molecular complexity index is 500. The van der Waals surface area contributed by atoms with Crippen molar-refractivity contribution in [1.82, 2.24) is 9.97 Å². The van der Waals surface area contributed by atoms with E-state index in [4.69, 9.17) is 0 Å². The number of pyridine rings is 2.